The molecule has 0 bridgehead atoms. The summed E-state index contributed by atoms with van der Waals surface area (Å²) in [4.78, 5) is 52.6. The average Bonchev–Trinajstić information content (AvgIpc) is 1.54. The van der Waals surface area contributed by atoms with Gasteiger partial charge in [0.05, 0.1) is 105 Å². The normalized spacial score (nSPS) is 11.7. The van der Waals surface area contributed by atoms with Crippen molar-refractivity contribution in [2.45, 2.75) is 7.43 Å². The van der Waals surface area contributed by atoms with Crippen LogP contribution in [0, 0.1) is 0 Å². The van der Waals surface area contributed by atoms with E-state index >= 15 is 0 Å². The predicted molar refractivity (Wildman–Crippen MR) is 547 cm³/mol. The summed E-state index contributed by atoms with van der Waals surface area (Å²) in [6.07, 6.45) is 0. The summed E-state index contributed by atoms with van der Waals surface area (Å²) in [7, 11) is 0. The largest absolute Gasteiger partial charge is 0.329 e. The topological polar surface area (TPSA) is 171 Å². The molecular formula is C105H67Br4Cl2N19. The number of nitrogens with one attached hydrogen (secondary N) is 2. The fourth-order valence-electron chi connectivity index (χ4n) is 17.9. The fraction of sp³-hybridized carbons (Fsp3) is 0.00952. The third-order valence-corrected chi connectivity index (χ3v) is 25.8. The van der Waals surface area contributed by atoms with E-state index < -0.39 is 0 Å². The van der Waals surface area contributed by atoms with E-state index in [0.29, 0.717) is 27.9 Å². The Morgan fingerprint density at radius 2 is 0.477 bits per heavy atom. The number of para-hydroxylation sites is 5. The van der Waals surface area contributed by atoms with E-state index in [0.717, 1.165) is 191 Å². The van der Waals surface area contributed by atoms with Crippen molar-refractivity contribution < 1.29 is 0 Å². The summed E-state index contributed by atoms with van der Waals surface area (Å²) in [6, 6.07) is 129. The van der Waals surface area contributed by atoms with Gasteiger partial charge < -0.3 is 24.7 Å². The summed E-state index contributed by atoms with van der Waals surface area (Å²) < 4.78 is 16.9. The zero-order valence-electron chi connectivity index (χ0n) is 67.6. The third kappa shape index (κ3) is 13.7. The van der Waals surface area contributed by atoms with Gasteiger partial charge in [-0.05, 0) is 233 Å². The van der Waals surface area contributed by atoms with Crippen LogP contribution in [0.15, 0.2) is 388 Å². The maximum absolute atomic E-state index is 5.65. The number of H-pyrrole nitrogens is 2. The predicted octanol–water partition coefficient (Wildman–Crippen LogP) is 30.2. The molecule has 25 heteroatoms. The SMILES string of the molecule is Brc1ccc2c(c1)nc1n2c2nc3cc(Br)ccc3n2c2nc3cc(Br)ccc3n12.C.Clc1nc2ccc(Br)cc2[nH]1.Clc1nc2ccccc2[nH]1.c1ccc(N(c2ccc3c(c2)nc2n3c3nc4cc(N(c5ccccc5)c5cccc6ccccc56)ccc4n3c3nc4cc(N(c5ccccc5)c5cccc6ccccc56)ccc4n23)c2cccc3ccccc23)cc1. The summed E-state index contributed by atoms with van der Waals surface area (Å²) >= 11 is 25.3. The van der Waals surface area contributed by atoms with Crippen LogP contribution < -0.4 is 14.7 Å². The van der Waals surface area contributed by atoms with Crippen LogP contribution in [0.2, 0.25) is 10.6 Å². The third-order valence-electron chi connectivity index (χ3n) is 23.5. The van der Waals surface area contributed by atoms with Gasteiger partial charge in [-0.15, -0.1) is 0 Å². The van der Waals surface area contributed by atoms with E-state index in [-0.39, 0.29) is 7.43 Å². The van der Waals surface area contributed by atoms with Gasteiger partial charge in [0.25, 0.3) is 0 Å². The molecule has 0 fully saturated rings. The summed E-state index contributed by atoms with van der Waals surface area (Å²) in [5, 5.41) is 7.87. The molecule has 0 aliphatic heterocycles. The van der Waals surface area contributed by atoms with E-state index in [9.17, 15) is 0 Å². The van der Waals surface area contributed by atoms with Crippen LogP contribution in [0.1, 0.15) is 7.43 Å². The Balaban J connectivity index is 0.000000148. The van der Waals surface area contributed by atoms with Gasteiger partial charge in [-0.25, -0.2) is 66.3 Å². The highest BCUT2D eigenvalue weighted by atomic mass is 79.9. The standard InChI is InChI=1S/C69H45N9.C21H9Br3N6.C7H4BrClN2.C7H5ClN2.CH4/c1-4-25-49(26-5-1)73(61-34-16-22-46-19-10-13-31-55(46)61)52-37-40-64-58(43-52)70-67-76(64)68-71-60-45-54(75(51-29-8-3-9-30-51)63-36-18-24-48-21-12-15-33-57(48)63)39-42-66(60)78(68)69-72-59-44-53(38-41-65(59)77(67)69)74(50-27-6-2-7-28-50)62-35-17-23-47-20-11-14-32-56(47)62;22-10-1-4-16-13(7-10)25-19-28(16)20-26-14-8-11(23)2-5-17(14)30(20)21-27-15-9-12(24)3-6-18(15)29(19)21;8-4-1-2-5-6(3-4)11-7(9)10-5;8-7-9-5-3-1-2-4-6(5)10-7;/h1-45H;1-9H;1-3H,(H,10,11);1-4H,(H,9,10);1H4. The minimum absolute atomic E-state index is 0. The molecule has 0 saturated carbocycles. The summed E-state index contributed by atoms with van der Waals surface area (Å²) in [6.45, 7) is 0. The molecular weight excluding hydrogens is 1920 g/mol. The van der Waals surface area contributed by atoms with Crippen LogP contribution in [-0.2, 0) is 0 Å². The molecule has 10 aromatic heterocycles. The first-order valence-corrected chi connectivity index (χ1v) is 45.4. The molecule has 0 spiro atoms. The molecule has 624 valence electrons. The Bertz CT molecular complexity index is 8360. The van der Waals surface area contributed by atoms with Crippen molar-refractivity contribution in [1.82, 2.24) is 76.2 Å². The van der Waals surface area contributed by atoms with Gasteiger partial charge in [0.1, 0.15) is 0 Å². The van der Waals surface area contributed by atoms with E-state index in [1.807, 2.05) is 78.9 Å². The number of aromatic amines is 2. The second kappa shape index (κ2) is 32.5. The Hall–Kier alpha value is -14.8. The highest BCUT2D eigenvalue weighted by molar-refractivity contribution is 9.11. The summed E-state index contributed by atoms with van der Waals surface area (Å²) in [5.41, 5.74) is 24.0. The van der Waals surface area contributed by atoms with Crippen LogP contribution in [0.3, 0.4) is 0 Å². The molecule has 17 aromatic carbocycles. The number of benzene rings is 17. The number of imidazole rings is 8. The lowest BCUT2D eigenvalue weighted by Crippen LogP contribution is -2.10. The Morgan fingerprint density at radius 1 is 0.215 bits per heavy atom. The number of fused-ring (bicyclic) bond motifs is 29. The second-order valence-corrected chi connectivity index (χ2v) is 35.5. The van der Waals surface area contributed by atoms with Crippen molar-refractivity contribution in [3.63, 3.8) is 0 Å². The second-order valence-electron chi connectivity index (χ2n) is 31.1. The zero-order chi connectivity index (χ0) is 86.2. The molecule has 130 heavy (non-hydrogen) atoms. The molecule has 10 heterocycles. The molecule has 27 rings (SSSR count). The van der Waals surface area contributed by atoms with Crippen LogP contribution >= 0.6 is 86.9 Å². The lowest BCUT2D eigenvalue weighted by atomic mass is 10.1. The van der Waals surface area contributed by atoms with E-state index in [1.165, 1.54) is 16.2 Å². The van der Waals surface area contributed by atoms with Crippen LogP contribution in [0.5, 0.6) is 0 Å². The fourth-order valence-corrected chi connectivity index (χ4v) is 19.7. The first-order chi connectivity index (χ1) is 63.4. The molecule has 2 N–H and O–H groups in total. The molecule has 0 amide bonds. The van der Waals surface area contributed by atoms with Crippen molar-refractivity contribution in [3.8, 4) is 0 Å². The minimum atomic E-state index is 0. The number of aromatic nitrogens is 16. The quantitative estimate of drug-likeness (QED) is 0.141. The van der Waals surface area contributed by atoms with Crippen molar-refractivity contribution in [2.75, 3.05) is 14.7 Å². The molecule has 0 unspecified atom stereocenters. The van der Waals surface area contributed by atoms with Gasteiger partial charge in [-0.3, -0.25) is 0 Å². The first-order valence-electron chi connectivity index (χ1n) is 41.4. The molecule has 0 aliphatic rings. The highest BCUT2D eigenvalue weighted by Gasteiger charge is 2.28. The molecule has 0 atom stereocenters. The monoisotopic (exact) mass is 1980 g/mol. The first kappa shape index (κ1) is 79.8. The van der Waals surface area contributed by atoms with Crippen LogP contribution in [0.4, 0.5) is 51.2 Å². The summed E-state index contributed by atoms with van der Waals surface area (Å²) in [5.74, 6) is 4.48. The van der Waals surface area contributed by atoms with Gasteiger partial charge in [-0.1, -0.05) is 247 Å². The number of rotatable bonds is 9. The van der Waals surface area contributed by atoms with Crippen LogP contribution in [0.25, 0.3) is 155 Å². The highest BCUT2D eigenvalue weighted by Crippen LogP contribution is 2.46. The number of nitrogens with zero attached hydrogens (tertiary/aromatic N) is 17. The van der Waals surface area contributed by atoms with E-state index in [1.54, 1.807) is 0 Å². The van der Waals surface area contributed by atoms with Crippen molar-refractivity contribution in [2.24, 2.45) is 0 Å². The number of anilines is 9. The molecule has 27 aromatic rings. The van der Waals surface area contributed by atoms with Gasteiger partial charge in [0, 0.05) is 68.2 Å². The lowest BCUT2D eigenvalue weighted by molar-refractivity contribution is 1.01. The minimum Gasteiger partial charge on any atom is -0.329 e. The van der Waals surface area contributed by atoms with Gasteiger partial charge >= 0.3 is 0 Å². The Labute approximate surface area is 783 Å². The van der Waals surface area contributed by atoms with Gasteiger partial charge in [-0.2, -0.15) is 0 Å². The Morgan fingerprint density at radius 3 is 0.815 bits per heavy atom. The molecule has 0 radical (unpaired) electrons. The van der Waals surface area contributed by atoms with Crippen molar-refractivity contribution in [1.29, 1.82) is 0 Å². The molecule has 0 aliphatic carbocycles. The van der Waals surface area contributed by atoms with Gasteiger partial charge in [0.2, 0.25) is 45.2 Å². The smallest absolute Gasteiger partial charge is 0.225 e. The Kier molecular flexibility index (Phi) is 19.9. The number of halogens is 6. The lowest BCUT2D eigenvalue weighted by Gasteiger charge is -2.26. The average molecular weight is 1990 g/mol. The maximum Gasteiger partial charge on any atom is 0.225 e. The van der Waals surface area contributed by atoms with Crippen molar-refractivity contribution in [3.05, 3.63) is 399 Å². The van der Waals surface area contributed by atoms with Gasteiger partial charge in [0.15, 0.2) is 0 Å². The number of hydrogen-bond acceptors (Lipinski definition) is 11. The molecule has 19 nitrogen and oxygen atoms in total. The van der Waals surface area contributed by atoms with E-state index in [2.05, 4.69) is 416 Å². The maximum atomic E-state index is 5.65. The van der Waals surface area contributed by atoms with E-state index in [4.69, 9.17) is 53.1 Å². The number of hydrogen-bond donors (Lipinski definition) is 2. The zero-order valence-corrected chi connectivity index (χ0v) is 75.4. The molecule has 0 saturated heterocycles. The van der Waals surface area contributed by atoms with Crippen LogP contribution in [-0.4, -0.2) is 76.2 Å². The van der Waals surface area contributed by atoms with Crippen molar-refractivity contribution >= 4 is 293 Å².